The van der Waals surface area contributed by atoms with Crippen molar-refractivity contribution in [3.8, 4) is 22.0 Å². The third-order valence-electron chi connectivity index (χ3n) is 4.12. The Kier molecular flexibility index (Phi) is 6.89. The molecule has 0 radical (unpaired) electrons. The van der Waals surface area contributed by atoms with Crippen molar-refractivity contribution in [2.75, 3.05) is 6.61 Å². The summed E-state index contributed by atoms with van der Waals surface area (Å²) in [5, 5.41) is 23.1. The first-order valence-corrected chi connectivity index (χ1v) is 10.1. The molecule has 1 unspecified atom stereocenters. The number of hydrogen-bond donors (Lipinski definition) is 2. The maximum atomic E-state index is 9.13. The highest BCUT2D eigenvalue weighted by Crippen LogP contribution is 2.33. The summed E-state index contributed by atoms with van der Waals surface area (Å²) < 4.78 is 5.33. The molecule has 0 spiro atoms. The molecule has 0 aliphatic rings. The Morgan fingerprint density at radius 1 is 1.26 bits per heavy atom. The first-order chi connectivity index (χ1) is 13.1. The van der Waals surface area contributed by atoms with Crippen LogP contribution in [0.1, 0.15) is 49.5 Å². The van der Waals surface area contributed by atoms with Crippen LogP contribution in [0.2, 0.25) is 5.02 Å². The Bertz CT molecular complexity index is 882. The number of aliphatic hydroxyl groups excluding tert-OH is 1. The van der Waals surface area contributed by atoms with E-state index in [-0.39, 0.29) is 6.61 Å². The van der Waals surface area contributed by atoms with Crippen LogP contribution in [-0.4, -0.2) is 32.1 Å². The van der Waals surface area contributed by atoms with Gasteiger partial charge < -0.3 is 15.4 Å². The average Bonchev–Trinajstić information content (AvgIpc) is 3.34. The molecule has 0 saturated heterocycles. The van der Waals surface area contributed by atoms with Crippen LogP contribution in [0.4, 0.5) is 0 Å². The van der Waals surface area contributed by atoms with E-state index in [2.05, 4.69) is 27.3 Å². The molecule has 0 fully saturated rings. The van der Waals surface area contributed by atoms with Crippen molar-refractivity contribution in [2.24, 2.45) is 5.73 Å². The van der Waals surface area contributed by atoms with Gasteiger partial charge in [0.05, 0.1) is 17.7 Å². The minimum Gasteiger partial charge on any atom is -0.394 e. The molecule has 1 atom stereocenters. The lowest BCUT2D eigenvalue weighted by Gasteiger charge is -2.02. The summed E-state index contributed by atoms with van der Waals surface area (Å²) in [5.41, 5.74) is 7.30. The lowest BCUT2D eigenvalue weighted by atomic mass is 10.1. The van der Waals surface area contributed by atoms with Gasteiger partial charge in [-0.05, 0) is 18.6 Å². The Labute approximate surface area is 166 Å². The molecule has 1 aromatic carbocycles. The minimum absolute atomic E-state index is 0.174. The van der Waals surface area contributed by atoms with Gasteiger partial charge in [0.15, 0.2) is 0 Å². The fourth-order valence-electron chi connectivity index (χ4n) is 2.58. The topological polar surface area (TPSA) is 111 Å². The van der Waals surface area contributed by atoms with E-state index in [0.29, 0.717) is 32.3 Å². The highest BCUT2D eigenvalue weighted by Gasteiger charge is 2.16. The van der Waals surface area contributed by atoms with Crippen molar-refractivity contribution in [2.45, 2.75) is 45.1 Å². The van der Waals surface area contributed by atoms with E-state index < -0.39 is 6.04 Å². The van der Waals surface area contributed by atoms with E-state index >= 15 is 0 Å². The number of aliphatic hydroxyl groups is 1. The van der Waals surface area contributed by atoms with Crippen LogP contribution in [-0.2, 0) is 6.42 Å². The molecular formula is C18H22ClN5O2S. The quantitative estimate of drug-likeness (QED) is 0.515. The molecule has 9 heteroatoms. The number of unbranched alkanes of at least 4 members (excludes halogenated alkanes) is 3. The Morgan fingerprint density at radius 3 is 2.85 bits per heavy atom. The number of hydrogen-bond acceptors (Lipinski definition) is 8. The average molecular weight is 408 g/mol. The van der Waals surface area contributed by atoms with Gasteiger partial charge in [-0.1, -0.05) is 60.3 Å². The van der Waals surface area contributed by atoms with Gasteiger partial charge in [0.1, 0.15) is 10.0 Å². The first-order valence-electron chi connectivity index (χ1n) is 8.95. The van der Waals surface area contributed by atoms with Crippen LogP contribution in [0.5, 0.6) is 0 Å². The van der Waals surface area contributed by atoms with E-state index in [1.807, 2.05) is 12.1 Å². The number of aromatic nitrogens is 4. The van der Waals surface area contributed by atoms with Gasteiger partial charge in [-0.25, -0.2) is 0 Å². The van der Waals surface area contributed by atoms with E-state index in [1.165, 1.54) is 24.2 Å². The summed E-state index contributed by atoms with van der Waals surface area (Å²) in [6.45, 7) is 2.01. The molecule has 144 valence electrons. The van der Waals surface area contributed by atoms with Crippen molar-refractivity contribution in [1.82, 2.24) is 20.3 Å². The summed E-state index contributed by atoms with van der Waals surface area (Å²) in [6.07, 6.45) is 5.39. The predicted molar refractivity (Wildman–Crippen MR) is 106 cm³/mol. The fraction of sp³-hybridized carbons (Fsp3) is 0.444. The Morgan fingerprint density at radius 2 is 2.11 bits per heavy atom. The second kappa shape index (κ2) is 9.36. The highest BCUT2D eigenvalue weighted by atomic mass is 35.5. The molecule has 3 N–H and O–H groups in total. The number of nitrogens with zero attached hydrogens (tertiary/aromatic N) is 4. The van der Waals surface area contributed by atoms with Crippen molar-refractivity contribution in [3.05, 3.63) is 34.1 Å². The largest absolute Gasteiger partial charge is 0.394 e. The monoisotopic (exact) mass is 407 g/mol. The third kappa shape index (κ3) is 4.90. The molecule has 0 aliphatic carbocycles. The number of nitrogens with two attached hydrogens (primary N) is 1. The van der Waals surface area contributed by atoms with Gasteiger partial charge in [-0.15, -0.1) is 10.2 Å². The molecule has 0 aliphatic heterocycles. The van der Waals surface area contributed by atoms with Crippen molar-refractivity contribution in [3.63, 3.8) is 0 Å². The molecule has 0 saturated carbocycles. The van der Waals surface area contributed by atoms with Gasteiger partial charge in [-0.3, -0.25) is 0 Å². The lowest BCUT2D eigenvalue weighted by Crippen LogP contribution is -2.13. The summed E-state index contributed by atoms with van der Waals surface area (Å²) in [6, 6.07) is 4.99. The summed E-state index contributed by atoms with van der Waals surface area (Å²) in [5.74, 6) is 1.12. The zero-order valence-corrected chi connectivity index (χ0v) is 16.6. The maximum Gasteiger partial charge on any atom is 0.226 e. The maximum absolute atomic E-state index is 9.13. The summed E-state index contributed by atoms with van der Waals surface area (Å²) in [4.78, 5) is 4.45. The van der Waals surface area contributed by atoms with Crippen LogP contribution < -0.4 is 5.73 Å². The molecule has 7 nitrogen and oxygen atoms in total. The van der Waals surface area contributed by atoms with Crippen molar-refractivity contribution >= 4 is 22.9 Å². The molecule has 0 bridgehead atoms. The normalized spacial score (nSPS) is 12.4. The number of rotatable bonds is 9. The Hall–Kier alpha value is -1.87. The molecule has 3 rings (SSSR count). The second-order valence-electron chi connectivity index (χ2n) is 6.25. The smallest absolute Gasteiger partial charge is 0.226 e. The van der Waals surface area contributed by atoms with Crippen LogP contribution in [0, 0.1) is 0 Å². The van der Waals surface area contributed by atoms with Crippen LogP contribution in [0.3, 0.4) is 0 Å². The molecule has 2 aromatic heterocycles. The standard InChI is InChI=1S/C18H22ClN5O2S/c1-2-3-4-5-6-15-21-16(24-26-15)12-8-7-11(9-13(12)19)17-22-23-18(27-17)14(20)10-25/h7-9,14,25H,2-6,10,20H2,1H3. The van der Waals surface area contributed by atoms with Gasteiger partial charge in [-0.2, -0.15) is 4.98 Å². The van der Waals surface area contributed by atoms with Crippen LogP contribution >= 0.6 is 22.9 Å². The van der Waals surface area contributed by atoms with Crippen LogP contribution in [0.15, 0.2) is 22.7 Å². The zero-order valence-electron chi connectivity index (χ0n) is 15.1. The fourth-order valence-corrected chi connectivity index (χ4v) is 3.67. The number of halogens is 1. The number of benzene rings is 1. The first kappa shape index (κ1) is 19.9. The molecule has 3 aromatic rings. The van der Waals surface area contributed by atoms with E-state index in [1.54, 1.807) is 6.07 Å². The van der Waals surface area contributed by atoms with Crippen molar-refractivity contribution < 1.29 is 9.63 Å². The highest BCUT2D eigenvalue weighted by molar-refractivity contribution is 7.14. The van der Waals surface area contributed by atoms with E-state index in [4.69, 9.17) is 27.0 Å². The summed E-state index contributed by atoms with van der Waals surface area (Å²) in [7, 11) is 0. The van der Waals surface area contributed by atoms with E-state index in [9.17, 15) is 0 Å². The predicted octanol–water partition coefficient (Wildman–Crippen LogP) is 4.02. The molecule has 2 heterocycles. The van der Waals surface area contributed by atoms with Gasteiger partial charge in [0.25, 0.3) is 0 Å². The lowest BCUT2D eigenvalue weighted by molar-refractivity contribution is 0.267. The molecule has 0 amide bonds. The van der Waals surface area contributed by atoms with Gasteiger partial charge >= 0.3 is 0 Å². The third-order valence-corrected chi connectivity index (χ3v) is 5.54. The second-order valence-corrected chi connectivity index (χ2v) is 7.67. The Balaban J connectivity index is 1.73. The minimum atomic E-state index is -0.527. The molecular weight excluding hydrogens is 386 g/mol. The zero-order chi connectivity index (χ0) is 19.2. The van der Waals surface area contributed by atoms with Gasteiger partial charge in [0.2, 0.25) is 11.7 Å². The van der Waals surface area contributed by atoms with Crippen LogP contribution in [0.25, 0.3) is 22.0 Å². The number of aryl methyl sites for hydroxylation is 1. The SMILES string of the molecule is CCCCCCc1nc(-c2ccc(-c3nnc(C(N)CO)s3)cc2Cl)no1. The van der Waals surface area contributed by atoms with Crippen molar-refractivity contribution in [1.29, 1.82) is 0 Å². The van der Waals surface area contributed by atoms with Gasteiger partial charge in [0, 0.05) is 17.5 Å². The van der Waals surface area contributed by atoms with E-state index in [0.717, 1.165) is 24.8 Å². The summed E-state index contributed by atoms with van der Waals surface area (Å²) >= 11 is 7.77. The molecule has 27 heavy (non-hydrogen) atoms.